The van der Waals surface area contributed by atoms with Crippen LogP contribution in [0.3, 0.4) is 0 Å². The van der Waals surface area contributed by atoms with Crippen molar-refractivity contribution >= 4 is 15.9 Å². The summed E-state index contributed by atoms with van der Waals surface area (Å²) in [5, 5.41) is 0. The fraction of sp³-hybridized carbons (Fsp3) is 0.643. The highest BCUT2D eigenvalue weighted by atomic mass is 32.2. The van der Waals surface area contributed by atoms with E-state index in [1.54, 1.807) is 11.0 Å². The highest BCUT2D eigenvalue weighted by Crippen LogP contribution is 2.34. The molecule has 2 aliphatic heterocycles. The summed E-state index contributed by atoms with van der Waals surface area (Å²) < 4.78 is 31.4. The number of rotatable bonds is 3. The van der Waals surface area contributed by atoms with Crippen LogP contribution in [-0.2, 0) is 14.8 Å². The number of aromatic nitrogens is 2. The zero-order valence-corrected chi connectivity index (χ0v) is 13.8. The summed E-state index contributed by atoms with van der Waals surface area (Å²) in [6.07, 6.45) is 5.97. The number of likely N-dealkylation sites (tertiary alicyclic amines) is 1. The Labute approximate surface area is 135 Å². The standard InChI is InChI=1S/C14H20N4O4S/c1-23(20,21)17-11-3-7-22-14(8-11)4-6-18(9-14)13(19)12-2-5-15-10-16-12/h2,5,10-11,17H,3-4,6-9H2,1H3/t11-,14-/m1/s1. The minimum absolute atomic E-state index is 0.146. The molecule has 2 atom stereocenters. The van der Waals surface area contributed by atoms with Crippen molar-refractivity contribution in [3.05, 3.63) is 24.3 Å². The normalized spacial score (nSPS) is 28.2. The molecule has 2 aliphatic rings. The fourth-order valence-electron chi connectivity index (χ4n) is 3.31. The minimum Gasteiger partial charge on any atom is -0.373 e. The van der Waals surface area contributed by atoms with E-state index >= 15 is 0 Å². The van der Waals surface area contributed by atoms with Crippen LogP contribution >= 0.6 is 0 Å². The minimum atomic E-state index is -3.25. The van der Waals surface area contributed by atoms with E-state index in [2.05, 4.69) is 14.7 Å². The van der Waals surface area contributed by atoms with Crippen LogP contribution in [0.5, 0.6) is 0 Å². The average molecular weight is 340 g/mol. The highest BCUT2D eigenvalue weighted by Gasteiger charge is 2.45. The molecule has 0 aromatic carbocycles. The number of hydrogen-bond donors (Lipinski definition) is 1. The number of nitrogens with one attached hydrogen (secondary N) is 1. The Morgan fingerprint density at radius 2 is 2.35 bits per heavy atom. The second-order valence-electron chi connectivity index (χ2n) is 6.18. The Bertz CT molecular complexity index is 681. The van der Waals surface area contributed by atoms with Gasteiger partial charge < -0.3 is 9.64 Å². The largest absolute Gasteiger partial charge is 0.373 e. The molecular weight excluding hydrogens is 320 g/mol. The molecule has 3 rings (SSSR count). The molecule has 8 nitrogen and oxygen atoms in total. The van der Waals surface area contributed by atoms with Gasteiger partial charge in [0.25, 0.3) is 5.91 Å². The van der Waals surface area contributed by atoms with Crippen molar-refractivity contribution in [3.63, 3.8) is 0 Å². The summed E-state index contributed by atoms with van der Waals surface area (Å²) in [7, 11) is -3.25. The van der Waals surface area contributed by atoms with Crippen LogP contribution in [0.4, 0.5) is 0 Å². The SMILES string of the molecule is CS(=O)(=O)N[C@@H]1CCO[C@]2(CCN(C(=O)c3ccncn3)C2)C1. The first kappa shape index (κ1) is 16.3. The van der Waals surface area contributed by atoms with Gasteiger partial charge in [0.15, 0.2) is 0 Å². The predicted octanol–water partition coefficient (Wildman–Crippen LogP) is -0.210. The second kappa shape index (κ2) is 6.14. The molecule has 1 aromatic rings. The van der Waals surface area contributed by atoms with Crippen LogP contribution in [0, 0.1) is 0 Å². The van der Waals surface area contributed by atoms with Crippen LogP contribution in [0.2, 0.25) is 0 Å². The first-order valence-corrected chi connectivity index (χ1v) is 9.43. The zero-order chi connectivity index (χ0) is 16.5. The molecule has 0 radical (unpaired) electrons. The lowest BCUT2D eigenvalue weighted by molar-refractivity contribution is -0.0763. The molecule has 23 heavy (non-hydrogen) atoms. The molecule has 1 spiro atoms. The lowest BCUT2D eigenvalue weighted by atomic mass is 9.90. The van der Waals surface area contributed by atoms with Crippen LogP contribution in [0.25, 0.3) is 0 Å². The predicted molar refractivity (Wildman–Crippen MR) is 82.2 cm³/mol. The smallest absolute Gasteiger partial charge is 0.272 e. The van der Waals surface area contributed by atoms with Gasteiger partial charge in [0.05, 0.1) is 18.4 Å². The number of nitrogens with zero attached hydrogens (tertiary/aromatic N) is 3. The fourth-order valence-corrected chi connectivity index (χ4v) is 4.12. The number of carbonyl (C=O) groups excluding carboxylic acids is 1. The van der Waals surface area contributed by atoms with Gasteiger partial charge in [0.1, 0.15) is 12.0 Å². The number of amides is 1. The molecule has 0 unspecified atom stereocenters. The van der Waals surface area contributed by atoms with E-state index in [0.29, 0.717) is 44.7 Å². The molecule has 3 heterocycles. The van der Waals surface area contributed by atoms with E-state index in [4.69, 9.17) is 4.74 Å². The quantitative estimate of drug-likeness (QED) is 0.817. The summed E-state index contributed by atoms with van der Waals surface area (Å²) >= 11 is 0. The maximum absolute atomic E-state index is 12.5. The first-order valence-electron chi connectivity index (χ1n) is 7.53. The average Bonchev–Trinajstić information content (AvgIpc) is 2.89. The van der Waals surface area contributed by atoms with E-state index in [1.165, 1.54) is 12.5 Å². The van der Waals surface area contributed by atoms with Crippen molar-refractivity contribution in [1.29, 1.82) is 0 Å². The lowest BCUT2D eigenvalue weighted by Gasteiger charge is -2.38. The highest BCUT2D eigenvalue weighted by molar-refractivity contribution is 7.88. The van der Waals surface area contributed by atoms with Crippen LogP contribution in [0.15, 0.2) is 18.6 Å². The van der Waals surface area contributed by atoms with E-state index in [0.717, 1.165) is 6.26 Å². The van der Waals surface area contributed by atoms with Gasteiger partial charge in [-0.2, -0.15) is 0 Å². The van der Waals surface area contributed by atoms with Gasteiger partial charge in [-0.25, -0.2) is 23.1 Å². The van der Waals surface area contributed by atoms with Gasteiger partial charge in [0, 0.05) is 25.4 Å². The van der Waals surface area contributed by atoms with Gasteiger partial charge in [-0.15, -0.1) is 0 Å². The van der Waals surface area contributed by atoms with Crippen molar-refractivity contribution in [2.75, 3.05) is 26.0 Å². The van der Waals surface area contributed by atoms with E-state index < -0.39 is 15.6 Å². The number of ether oxygens (including phenoxy) is 1. The van der Waals surface area contributed by atoms with Crippen LogP contribution < -0.4 is 4.72 Å². The second-order valence-corrected chi connectivity index (χ2v) is 7.96. The first-order chi connectivity index (χ1) is 10.9. The Kier molecular flexibility index (Phi) is 4.35. The topological polar surface area (TPSA) is 101 Å². The van der Waals surface area contributed by atoms with Gasteiger partial charge in [0.2, 0.25) is 10.0 Å². The summed E-state index contributed by atoms with van der Waals surface area (Å²) in [5.74, 6) is -0.147. The van der Waals surface area contributed by atoms with Crippen molar-refractivity contribution < 1.29 is 17.9 Å². The summed E-state index contributed by atoms with van der Waals surface area (Å²) in [4.78, 5) is 22.0. The third kappa shape index (κ3) is 3.85. The molecule has 0 saturated carbocycles. The molecule has 1 amide bonds. The number of hydrogen-bond acceptors (Lipinski definition) is 6. The molecule has 0 bridgehead atoms. The Morgan fingerprint density at radius 3 is 3.04 bits per heavy atom. The third-order valence-corrected chi connectivity index (χ3v) is 5.04. The van der Waals surface area contributed by atoms with E-state index in [1.807, 2.05) is 0 Å². The van der Waals surface area contributed by atoms with Crippen molar-refractivity contribution in [2.24, 2.45) is 0 Å². The maximum Gasteiger partial charge on any atom is 0.272 e. The van der Waals surface area contributed by atoms with Crippen LogP contribution in [0.1, 0.15) is 29.8 Å². The summed E-state index contributed by atoms with van der Waals surface area (Å²) in [6, 6.07) is 1.44. The van der Waals surface area contributed by atoms with Gasteiger partial charge in [-0.05, 0) is 25.3 Å². The lowest BCUT2D eigenvalue weighted by Crippen LogP contribution is -2.50. The van der Waals surface area contributed by atoms with Crippen molar-refractivity contribution in [2.45, 2.75) is 30.9 Å². The molecule has 1 N–H and O–H groups in total. The molecule has 2 fully saturated rings. The Morgan fingerprint density at radius 1 is 1.52 bits per heavy atom. The summed E-state index contributed by atoms with van der Waals surface area (Å²) in [5.41, 5.74) is -0.109. The van der Waals surface area contributed by atoms with Gasteiger partial charge in [-0.3, -0.25) is 4.79 Å². The van der Waals surface area contributed by atoms with Crippen molar-refractivity contribution in [1.82, 2.24) is 19.6 Å². The van der Waals surface area contributed by atoms with E-state index in [9.17, 15) is 13.2 Å². The molecular formula is C14H20N4O4S. The van der Waals surface area contributed by atoms with Crippen LogP contribution in [-0.4, -0.2) is 66.8 Å². The van der Waals surface area contributed by atoms with Gasteiger partial charge in [-0.1, -0.05) is 0 Å². The Hall–Kier alpha value is -1.58. The monoisotopic (exact) mass is 340 g/mol. The molecule has 2 saturated heterocycles. The molecule has 0 aliphatic carbocycles. The summed E-state index contributed by atoms with van der Waals surface area (Å²) in [6.45, 7) is 1.52. The number of sulfonamides is 1. The van der Waals surface area contributed by atoms with E-state index in [-0.39, 0.29) is 11.9 Å². The van der Waals surface area contributed by atoms with Crippen molar-refractivity contribution in [3.8, 4) is 0 Å². The third-order valence-electron chi connectivity index (χ3n) is 4.28. The van der Waals surface area contributed by atoms with Gasteiger partial charge >= 0.3 is 0 Å². The Balaban J connectivity index is 1.67. The molecule has 9 heteroatoms. The molecule has 126 valence electrons. The number of carbonyl (C=O) groups is 1. The maximum atomic E-state index is 12.5. The molecule has 1 aromatic heterocycles. The zero-order valence-electron chi connectivity index (χ0n) is 12.9.